The summed E-state index contributed by atoms with van der Waals surface area (Å²) in [6.45, 7) is 4.57. The van der Waals surface area contributed by atoms with Crippen LogP contribution in [0.5, 0.6) is 0 Å². The molecule has 0 spiro atoms. The molecule has 1 amide bonds. The minimum Gasteiger partial charge on any atom is -0.466 e. The Morgan fingerprint density at radius 3 is 2.33 bits per heavy atom. The van der Waals surface area contributed by atoms with Gasteiger partial charge in [-0.2, -0.15) is 0 Å². The third-order valence-electron chi connectivity index (χ3n) is 6.68. The summed E-state index contributed by atoms with van der Waals surface area (Å²) in [5.41, 5.74) is 0. The molecule has 2 saturated carbocycles. The maximum absolute atomic E-state index is 12.5. The molecule has 0 bridgehead atoms. The molecular weight excluding hydrogens is 344 g/mol. The van der Waals surface area contributed by atoms with Gasteiger partial charge in [-0.3, -0.25) is 9.59 Å². The van der Waals surface area contributed by atoms with Gasteiger partial charge in [0.2, 0.25) is 5.91 Å². The van der Waals surface area contributed by atoms with Crippen molar-refractivity contribution in [1.82, 2.24) is 9.80 Å². The van der Waals surface area contributed by atoms with Crippen LogP contribution in [0.1, 0.15) is 64.7 Å². The van der Waals surface area contributed by atoms with Crippen molar-refractivity contribution in [1.29, 1.82) is 0 Å². The molecule has 1 heterocycles. The molecule has 2 aliphatic carbocycles. The molecule has 0 aromatic carbocycles. The molecule has 27 heavy (non-hydrogen) atoms. The summed E-state index contributed by atoms with van der Waals surface area (Å²) >= 11 is 0. The topological polar surface area (TPSA) is 59.1 Å². The van der Waals surface area contributed by atoms with Gasteiger partial charge in [0.15, 0.2) is 0 Å². The normalized spacial score (nSPS) is 27.8. The Bertz CT molecular complexity index is 492. The first kappa shape index (κ1) is 20.6. The Morgan fingerprint density at radius 1 is 1.04 bits per heavy atom. The summed E-state index contributed by atoms with van der Waals surface area (Å²) in [5.74, 6) is 0.172. The molecule has 0 aromatic heterocycles. The second kappa shape index (κ2) is 9.87. The number of likely N-dealkylation sites (tertiary alicyclic amines) is 1. The first-order valence-electron chi connectivity index (χ1n) is 10.9. The fourth-order valence-electron chi connectivity index (χ4n) is 4.70. The number of carbonyl (C=O) groups excluding carboxylic acids is 2. The number of carbonyl (C=O) groups is 2. The third-order valence-corrected chi connectivity index (χ3v) is 6.68. The molecule has 0 N–H and O–H groups in total. The van der Waals surface area contributed by atoms with Crippen LogP contribution in [0.3, 0.4) is 0 Å². The Kier molecular flexibility index (Phi) is 7.53. The van der Waals surface area contributed by atoms with E-state index in [0.29, 0.717) is 18.7 Å². The van der Waals surface area contributed by atoms with Crippen LogP contribution in [0, 0.1) is 5.92 Å². The quantitative estimate of drug-likeness (QED) is 0.636. The highest BCUT2D eigenvalue weighted by Crippen LogP contribution is 2.34. The zero-order valence-electron chi connectivity index (χ0n) is 17.0. The van der Waals surface area contributed by atoms with Crippen LogP contribution in [0.25, 0.3) is 0 Å². The van der Waals surface area contributed by atoms with Crippen molar-refractivity contribution < 1.29 is 19.1 Å². The van der Waals surface area contributed by atoms with Gasteiger partial charge < -0.3 is 19.3 Å². The third kappa shape index (κ3) is 5.44. The zero-order valence-corrected chi connectivity index (χ0v) is 17.0. The second-order valence-electron chi connectivity index (χ2n) is 8.42. The summed E-state index contributed by atoms with van der Waals surface area (Å²) in [6, 6.07) is 0.820. The van der Waals surface area contributed by atoms with E-state index in [1.807, 2.05) is 18.9 Å². The molecule has 154 valence electrons. The lowest BCUT2D eigenvalue weighted by Crippen LogP contribution is -2.53. The number of amides is 1. The van der Waals surface area contributed by atoms with Crippen LogP contribution >= 0.6 is 0 Å². The van der Waals surface area contributed by atoms with E-state index in [-0.39, 0.29) is 30.5 Å². The predicted molar refractivity (Wildman–Crippen MR) is 103 cm³/mol. The summed E-state index contributed by atoms with van der Waals surface area (Å²) in [6.07, 6.45) is 10.1. The van der Waals surface area contributed by atoms with Crippen LogP contribution in [-0.2, 0) is 19.1 Å². The number of esters is 1. The van der Waals surface area contributed by atoms with E-state index in [9.17, 15) is 9.59 Å². The highest BCUT2D eigenvalue weighted by molar-refractivity contribution is 5.77. The molecule has 3 fully saturated rings. The van der Waals surface area contributed by atoms with E-state index in [4.69, 9.17) is 9.47 Å². The van der Waals surface area contributed by atoms with Gasteiger partial charge in [0, 0.05) is 32.2 Å². The van der Waals surface area contributed by atoms with E-state index in [1.54, 1.807) is 0 Å². The van der Waals surface area contributed by atoms with Crippen molar-refractivity contribution in [3.8, 4) is 0 Å². The van der Waals surface area contributed by atoms with E-state index in [0.717, 1.165) is 51.6 Å². The van der Waals surface area contributed by atoms with E-state index in [2.05, 4.69) is 4.90 Å². The molecule has 0 aromatic rings. The van der Waals surface area contributed by atoms with E-state index < -0.39 is 0 Å². The molecule has 0 atom stereocenters. The monoisotopic (exact) mass is 380 g/mol. The maximum Gasteiger partial charge on any atom is 0.309 e. The zero-order chi connectivity index (χ0) is 19.2. The van der Waals surface area contributed by atoms with E-state index in [1.165, 1.54) is 19.3 Å². The van der Waals surface area contributed by atoms with Gasteiger partial charge in [0.1, 0.15) is 6.61 Å². The van der Waals surface area contributed by atoms with Crippen LogP contribution in [-0.4, -0.2) is 73.2 Å². The van der Waals surface area contributed by atoms with Crippen LogP contribution < -0.4 is 0 Å². The van der Waals surface area contributed by atoms with Gasteiger partial charge in [-0.25, -0.2) is 0 Å². The predicted octanol–water partition coefficient (Wildman–Crippen LogP) is 2.60. The number of likely N-dealkylation sites (N-methyl/N-ethyl adjacent to an activating group) is 1. The van der Waals surface area contributed by atoms with Crippen molar-refractivity contribution in [2.45, 2.75) is 82.9 Å². The van der Waals surface area contributed by atoms with Crippen LogP contribution in [0.15, 0.2) is 0 Å². The van der Waals surface area contributed by atoms with Crippen molar-refractivity contribution in [3.63, 3.8) is 0 Å². The number of hydrogen-bond donors (Lipinski definition) is 0. The van der Waals surface area contributed by atoms with Crippen LogP contribution in [0.2, 0.25) is 0 Å². The Labute approximate surface area is 163 Å². The molecule has 1 aliphatic heterocycles. The lowest BCUT2D eigenvalue weighted by Gasteiger charge is -2.46. The fraction of sp³-hybridized carbons (Fsp3) is 0.905. The Hall–Kier alpha value is -1.14. The van der Waals surface area contributed by atoms with Crippen molar-refractivity contribution in [2.24, 2.45) is 5.92 Å². The SMILES string of the molecule is CCOC(=O)C1CC(N2CCC(N(C)C(=O)COC3CCCCC3)CC2)C1. The Balaban J connectivity index is 1.33. The molecule has 0 unspecified atom stereocenters. The highest BCUT2D eigenvalue weighted by Gasteiger charge is 2.40. The van der Waals surface area contributed by atoms with Gasteiger partial charge in [0.05, 0.1) is 18.6 Å². The maximum atomic E-state index is 12.5. The van der Waals surface area contributed by atoms with Gasteiger partial charge in [-0.1, -0.05) is 19.3 Å². The number of rotatable bonds is 7. The molecule has 3 rings (SSSR count). The number of ether oxygens (including phenoxy) is 2. The standard InChI is InChI=1S/C21H36N2O4/c1-3-26-21(25)16-13-18(14-16)23-11-9-17(10-12-23)22(2)20(24)15-27-19-7-5-4-6-8-19/h16-19H,3-15H2,1-2H3. The molecule has 1 saturated heterocycles. The Morgan fingerprint density at radius 2 is 1.70 bits per heavy atom. The average Bonchev–Trinajstić information content (AvgIpc) is 2.66. The van der Waals surface area contributed by atoms with Crippen molar-refractivity contribution >= 4 is 11.9 Å². The molecular formula is C21H36N2O4. The minimum atomic E-state index is -0.0352. The van der Waals surface area contributed by atoms with Gasteiger partial charge >= 0.3 is 5.97 Å². The summed E-state index contributed by atoms with van der Waals surface area (Å²) in [5, 5.41) is 0. The molecule has 6 nitrogen and oxygen atoms in total. The largest absolute Gasteiger partial charge is 0.466 e. The molecule has 3 aliphatic rings. The molecule has 0 radical (unpaired) electrons. The lowest BCUT2D eigenvalue weighted by molar-refractivity contribution is -0.154. The first-order chi connectivity index (χ1) is 13.1. The van der Waals surface area contributed by atoms with Gasteiger partial charge in [0.25, 0.3) is 0 Å². The highest BCUT2D eigenvalue weighted by atomic mass is 16.5. The first-order valence-corrected chi connectivity index (χ1v) is 10.9. The van der Waals surface area contributed by atoms with Crippen LogP contribution in [0.4, 0.5) is 0 Å². The number of piperidine rings is 1. The second-order valence-corrected chi connectivity index (χ2v) is 8.42. The van der Waals surface area contributed by atoms with Crippen molar-refractivity contribution in [2.75, 3.05) is 33.4 Å². The fourth-order valence-corrected chi connectivity index (χ4v) is 4.70. The summed E-state index contributed by atoms with van der Waals surface area (Å²) in [7, 11) is 1.92. The summed E-state index contributed by atoms with van der Waals surface area (Å²) < 4.78 is 11.0. The molecule has 6 heteroatoms. The average molecular weight is 381 g/mol. The lowest BCUT2D eigenvalue weighted by atomic mass is 9.78. The smallest absolute Gasteiger partial charge is 0.309 e. The number of nitrogens with zero attached hydrogens (tertiary/aromatic N) is 2. The summed E-state index contributed by atoms with van der Waals surface area (Å²) in [4.78, 5) is 28.6. The number of hydrogen-bond acceptors (Lipinski definition) is 5. The van der Waals surface area contributed by atoms with E-state index >= 15 is 0 Å². The van der Waals surface area contributed by atoms with Crippen molar-refractivity contribution in [3.05, 3.63) is 0 Å². The van der Waals surface area contributed by atoms with Gasteiger partial charge in [-0.15, -0.1) is 0 Å². The minimum absolute atomic E-state index is 0.0352. The van der Waals surface area contributed by atoms with Gasteiger partial charge in [-0.05, 0) is 45.4 Å².